The standard InChI is InChI=1S/C18H16BrN3O4/c1-12-17(23)21(15-6-8-16(9-7-15)22(25)26)11-10-20(12)18(24)13-2-4-14(19)5-3-13/h2-9,12H,10-11H2,1H3/t12-/m0/s1. The third-order valence-electron chi connectivity index (χ3n) is 4.38. The second-order valence-electron chi connectivity index (χ2n) is 5.94. The van der Waals surface area contributed by atoms with Crippen molar-refractivity contribution < 1.29 is 14.5 Å². The van der Waals surface area contributed by atoms with Crippen molar-refractivity contribution in [2.24, 2.45) is 0 Å². The van der Waals surface area contributed by atoms with Gasteiger partial charge >= 0.3 is 0 Å². The molecule has 0 N–H and O–H groups in total. The Labute approximate surface area is 158 Å². The normalized spacial score (nSPS) is 17.3. The van der Waals surface area contributed by atoms with Crippen LogP contribution in [0.15, 0.2) is 53.0 Å². The zero-order valence-corrected chi connectivity index (χ0v) is 15.5. The van der Waals surface area contributed by atoms with Crippen LogP contribution in [-0.4, -0.2) is 40.8 Å². The van der Waals surface area contributed by atoms with Gasteiger partial charge in [-0.05, 0) is 43.3 Å². The molecule has 0 aliphatic carbocycles. The van der Waals surface area contributed by atoms with Crippen molar-refractivity contribution >= 4 is 39.1 Å². The lowest BCUT2D eigenvalue weighted by Gasteiger charge is -2.39. The van der Waals surface area contributed by atoms with Gasteiger partial charge in [0.2, 0.25) is 5.91 Å². The number of amides is 2. The van der Waals surface area contributed by atoms with E-state index in [0.717, 1.165) is 4.47 Å². The first-order valence-electron chi connectivity index (χ1n) is 8.01. The summed E-state index contributed by atoms with van der Waals surface area (Å²) in [5, 5.41) is 10.8. The Morgan fingerprint density at radius 3 is 2.31 bits per heavy atom. The molecule has 1 saturated heterocycles. The zero-order chi connectivity index (χ0) is 18.8. The molecule has 0 aromatic heterocycles. The molecule has 0 bridgehead atoms. The highest BCUT2D eigenvalue weighted by molar-refractivity contribution is 9.10. The molecule has 26 heavy (non-hydrogen) atoms. The van der Waals surface area contributed by atoms with E-state index in [9.17, 15) is 19.7 Å². The molecule has 8 heteroatoms. The number of hydrogen-bond acceptors (Lipinski definition) is 4. The van der Waals surface area contributed by atoms with Crippen LogP contribution in [0.1, 0.15) is 17.3 Å². The fourth-order valence-electron chi connectivity index (χ4n) is 2.92. The van der Waals surface area contributed by atoms with E-state index in [-0.39, 0.29) is 17.5 Å². The number of carbonyl (C=O) groups is 2. The summed E-state index contributed by atoms with van der Waals surface area (Å²) in [6.07, 6.45) is 0. The maximum Gasteiger partial charge on any atom is 0.269 e. The minimum absolute atomic E-state index is 0.0294. The number of piperazine rings is 1. The number of nitro benzene ring substituents is 1. The Balaban J connectivity index is 1.76. The first kappa shape index (κ1) is 18.1. The van der Waals surface area contributed by atoms with Gasteiger partial charge in [0.15, 0.2) is 0 Å². The van der Waals surface area contributed by atoms with E-state index in [0.29, 0.717) is 24.3 Å². The molecule has 1 heterocycles. The summed E-state index contributed by atoms with van der Waals surface area (Å²) in [6, 6.07) is 12.2. The molecule has 2 amide bonds. The van der Waals surface area contributed by atoms with Crippen LogP contribution >= 0.6 is 15.9 Å². The van der Waals surface area contributed by atoms with Gasteiger partial charge in [-0.25, -0.2) is 0 Å². The quantitative estimate of drug-likeness (QED) is 0.566. The zero-order valence-electron chi connectivity index (χ0n) is 14.0. The van der Waals surface area contributed by atoms with Crippen LogP contribution in [0.3, 0.4) is 0 Å². The maximum atomic E-state index is 12.7. The minimum Gasteiger partial charge on any atom is -0.325 e. The lowest BCUT2D eigenvalue weighted by molar-refractivity contribution is -0.384. The molecule has 1 atom stereocenters. The van der Waals surface area contributed by atoms with Crippen molar-refractivity contribution in [1.82, 2.24) is 4.90 Å². The number of halogens is 1. The van der Waals surface area contributed by atoms with Gasteiger partial charge in [0, 0.05) is 40.9 Å². The van der Waals surface area contributed by atoms with Crippen molar-refractivity contribution in [3.05, 3.63) is 68.7 Å². The van der Waals surface area contributed by atoms with E-state index in [1.807, 2.05) is 0 Å². The van der Waals surface area contributed by atoms with E-state index >= 15 is 0 Å². The number of hydrogen-bond donors (Lipinski definition) is 0. The number of rotatable bonds is 3. The van der Waals surface area contributed by atoms with Crippen molar-refractivity contribution in [1.29, 1.82) is 0 Å². The highest BCUT2D eigenvalue weighted by atomic mass is 79.9. The van der Waals surface area contributed by atoms with Crippen LogP contribution in [-0.2, 0) is 4.79 Å². The van der Waals surface area contributed by atoms with Gasteiger partial charge < -0.3 is 9.80 Å². The Morgan fingerprint density at radius 1 is 1.12 bits per heavy atom. The van der Waals surface area contributed by atoms with E-state index in [1.165, 1.54) is 12.1 Å². The second kappa shape index (κ2) is 7.25. The number of nitro groups is 1. The first-order chi connectivity index (χ1) is 12.4. The molecule has 2 aromatic carbocycles. The average Bonchev–Trinajstić information content (AvgIpc) is 2.64. The second-order valence-corrected chi connectivity index (χ2v) is 6.86. The summed E-state index contributed by atoms with van der Waals surface area (Å²) in [4.78, 5) is 38.8. The van der Waals surface area contributed by atoms with Gasteiger partial charge in [0.25, 0.3) is 11.6 Å². The molecule has 1 aliphatic heterocycles. The van der Waals surface area contributed by atoms with Crippen LogP contribution < -0.4 is 4.90 Å². The highest BCUT2D eigenvalue weighted by Crippen LogP contribution is 2.24. The summed E-state index contributed by atoms with van der Waals surface area (Å²) in [7, 11) is 0. The summed E-state index contributed by atoms with van der Waals surface area (Å²) in [5.74, 6) is -0.405. The molecule has 0 radical (unpaired) electrons. The molecule has 1 fully saturated rings. The van der Waals surface area contributed by atoms with E-state index in [1.54, 1.807) is 53.1 Å². The molecule has 0 unspecified atom stereocenters. The fourth-order valence-corrected chi connectivity index (χ4v) is 3.18. The molecule has 0 spiro atoms. The molecule has 3 rings (SSSR count). The Morgan fingerprint density at radius 2 is 1.73 bits per heavy atom. The predicted molar refractivity (Wildman–Crippen MR) is 100 cm³/mol. The van der Waals surface area contributed by atoms with Crippen molar-refractivity contribution in [3.8, 4) is 0 Å². The summed E-state index contributed by atoms with van der Waals surface area (Å²) < 4.78 is 0.876. The van der Waals surface area contributed by atoms with Crippen molar-refractivity contribution in [2.75, 3.05) is 18.0 Å². The molecule has 0 saturated carbocycles. The number of anilines is 1. The average molecular weight is 418 g/mol. The third-order valence-corrected chi connectivity index (χ3v) is 4.91. The van der Waals surface area contributed by atoms with Gasteiger partial charge in [0.1, 0.15) is 6.04 Å². The number of benzene rings is 2. The van der Waals surface area contributed by atoms with Gasteiger partial charge in [-0.1, -0.05) is 15.9 Å². The fraction of sp³-hybridized carbons (Fsp3) is 0.222. The summed E-state index contributed by atoms with van der Waals surface area (Å²) in [6.45, 7) is 2.42. The maximum absolute atomic E-state index is 12.7. The van der Waals surface area contributed by atoms with E-state index < -0.39 is 11.0 Å². The van der Waals surface area contributed by atoms with Crippen molar-refractivity contribution in [2.45, 2.75) is 13.0 Å². The van der Waals surface area contributed by atoms with Gasteiger partial charge in [-0.3, -0.25) is 19.7 Å². The lowest BCUT2D eigenvalue weighted by atomic mass is 10.1. The van der Waals surface area contributed by atoms with Crippen LogP contribution in [0.4, 0.5) is 11.4 Å². The van der Waals surface area contributed by atoms with Gasteiger partial charge in [0.05, 0.1) is 4.92 Å². The van der Waals surface area contributed by atoms with Crippen LogP contribution in [0.5, 0.6) is 0 Å². The topological polar surface area (TPSA) is 83.8 Å². The molecule has 1 aliphatic rings. The molecule has 2 aromatic rings. The lowest BCUT2D eigenvalue weighted by Crippen LogP contribution is -2.57. The van der Waals surface area contributed by atoms with Gasteiger partial charge in [-0.2, -0.15) is 0 Å². The number of nitrogens with zero attached hydrogens (tertiary/aromatic N) is 3. The van der Waals surface area contributed by atoms with Crippen LogP contribution in [0, 0.1) is 10.1 Å². The summed E-state index contributed by atoms with van der Waals surface area (Å²) in [5.41, 5.74) is 1.08. The minimum atomic E-state index is -0.616. The van der Waals surface area contributed by atoms with E-state index in [4.69, 9.17) is 0 Å². The third kappa shape index (κ3) is 3.45. The van der Waals surface area contributed by atoms with E-state index in [2.05, 4.69) is 15.9 Å². The molecular formula is C18H16BrN3O4. The largest absolute Gasteiger partial charge is 0.325 e. The number of carbonyl (C=O) groups excluding carboxylic acids is 2. The molecular weight excluding hydrogens is 402 g/mol. The SMILES string of the molecule is C[C@H]1C(=O)N(c2ccc([N+](=O)[O-])cc2)CCN1C(=O)c1ccc(Br)cc1. The molecule has 134 valence electrons. The Bertz CT molecular complexity index is 852. The van der Waals surface area contributed by atoms with Crippen LogP contribution in [0.2, 0.25) is 0 Å². The smallest absolute Gasteiger partial charge is 0.269 e. The predicted octanol–water partition coefficient (Wildman–Crippen LogP) is 3.23. The monoisotopic (exact) mass is 417 g/mol. The van der Waals surface area contributed by atoms with Crippen molar-refractivity contribution in [3.63, 3.8) is 0 Å². The highest BCUT2D eigenvalue weighted by Gasteiger charge is 2.35. The molecule has 7 nitrogen and oxygen atoms in total. The summed E-state index contributed by atoms with van der Waals surface area (Å²) >= 11 is 3.33. The number of non-ortho nitro benzene ring substituents is 1. The first-order valence-corrected chi connectivity index (χ1v) is 8.80. The van der Waals surface area contributed by atoms with Gasteiger partial charge in [-0.15, -0.1) is 0 Å². The Hall–Kier alpha value is -2.74. The van der Waals surface area contributed by atoms with Crippen LogP contribution in [0.25, 0.3) is 0 Å². The Kier molecular flexibility index (Phi) is 5.03.